The quantitative estimate of drug-likeness (QED) is 0.531. The van der Waals surface area contributed by atoms with Gasteiger partial charge in [-0.25, -0.2) is 0 Å². The number of allylic oxidation sites excluding steroid dienone is 9. The fraction of sp³-hybridized carbons (Fsp3) is 0.360. The molecule has 0 radical (unpaired) electrons. The smallest absolute Gasteiger partial charge is 0.0373 e. The third-order valence-electron chi connectivity index (χ3n) is 6.68. The van der Waals surface area contributed by atoms with Gasteiger partial charge in [-0.2, -0.15) is 0 Å². The Balaban J connectivity index is 1.53. The van der Waals surface area contributed by atoms with Crippen LogP contribution in [0.25, 0.3) is 5.57 Å². The van der Waals surface area contributed by atoms with Gasteiger partial charge in [0.15, 0.2) is 0 Å². The van der Waals surface area contributed by atoms with E-state index in [1.807, 2.05) is 11.8 Å². The Kier molecular flexibility index (Phi) is 3.90. The number of thioether (sulfide) groups is 1. The van der Waals surface area contributed by atoms with E-state index in [9.17, 15) is 0 Å². The second-order valence-corrected chi connectivity index (χ2v) is 9.59. The van der Waals surface area contributed by atoms with E-state index in [1.54, 1.807) is 16.7 Å². The highest BCUT2D eigenvalue weighted by molar-refractivity contribution is 8.02. The van der Waals surface area contributed by atoms with Gasteiger partial charge in [0.25, 0.3) is 0 Å². The van der Waals surface area contributed by atoms with E-state index in [0.717, 1.165) is 0 Å². The van der Waals surface area contributed by atoms with Gasteiger partial charge in [0.1, 0.15) is 0 Å². The van der Waals surface area contributed by atoms with Gasteiger partial charge in [-0.05, 0) is 75.8 Å². The van der Waals surface area contributed by atoms with Crippen molar-refractivity contribution in [2.24, 2.45) is 11.3 Å². The van der Waals surface area contributed by atoms with Gasteiger partial charge in [0.2, 0.25) is 0 Å². The Morgan fingerprint density at radius 3 is 2.85 bits per heavy atom. The van der Waals surface area contributed by atoms with Crippen LogP contribution in [-0.2, 0) is 0 Å². The molecular formula is C25H26S. The van der Waals surface area contributed by atoms with Crippen molar-refractivity contribution >= 4 is 17.3 Å². The monoisotopic (exact) mass is 358 g/mol. The van der Waals surface area contributed by atoms with Crippen LogP contribution < -0.4 is 0 Å². The van der Waals surface area contributed by atoms with Gasteiger partial charge in [0, 0.05) is 5.25 Å². The van der Waals surface area contributed by atoms with Crippen LogP contribution in [0.3, 0.4) is 0 Å². The van der Waals surface area contributed by atoms with Crippen LogP contribution in [0.5, 0.6) is 0 Å². The molecule has 1 aromatic rings. The Morgan fingerprint density at radius 1 is 1.08 bits per heavy atom. The van der Waals surface area contributed by atoms with Crippen molar-refractivity contribution in [2.45, 2.75) is 44.8 Å². The summed E-state index contributed by atoms with van der Waals surface area (Å²) in [7, 11) is 0. The SMILES string of the molecule is CC1(C)C2=C(CCC(c3cccc(C4CC=CS4)c3)=C2)C2=CC=CC[C@@H]21. The minimum atomic E-state index is 0.250. The predicted molar refractivity (Wildman–Crippen MR) is 114 cm³/mol. The number of hydrogen-bond acceptors (Lipinski definition) is 1. The van der Waals surface area contributed by atoms with E-state index in [1.165, 1.54) is 42.4 Å². The van der Waals surface area contributed by atoms with Crippen molar-refractivity contribution < 1.29 is 0 Å². The number of hydrogen-bond donors (Lipinski definition) is 0. The van der Waals surface area contributed by atoms with Crippen LogP contribution in [0.1, 0.15) is 55.9 Å². The summed E-state index contributed by atoms with van der Waals surface area (Å²) in [6.07, 6.45) is 16.5. The molecule has 0 amide bonds. The molecule has 0 fully saturated rings. The van der Waals surface area contributed by atoms with Gasteiger partial charge in [-0.3, -0.25) is 0 Å². The summed E-state index contributed by atoms with van der Waals surface area (Å²) < 4.78 is 0. The maximum absolute atomic E-state index is 2.54. The molecule has 1 unspecified atom stereocenters. The van der Waals surface area contributed by atoms with Crippen LogP contribution >= 0.6 is 11.8 Å². The zero-order chi connectivity index (χ0) is 17.7. The average Bonchev–Trinajstić information content (AvgIpc) is 3.29. The summed E-state index contributed by atoms with van der Waals surface area (Å²) in [6, 6.07) is 9.30. The summed E-state index contributed by atoms with van der Waals surface area (Å²) >= 11 is 1.96. The molecule has 1 heterocycles. The van der Waals surface area contributed by atoms with Crippen LogP contribution in [0, 0.1) is 11.3 Å². The van der Waals surface area contributed by atoms with E-state index in [0.29, 0.717) is 11.2 Å². The molecule has 0 bridgehead atoms. The molecule has 0 saturated heterocycles. The lowest BCUT2D eigenvalue weighted by Crippen LogP contribution is -2.22. The van der Waals surface area contributed by atoms with Crippen molar-refractivity contribution in [3.8, 4) is 0 Å². The fourth-order valence-corrected chi connectivity index (χ4v) is 6.12. The maximum Gasteiger partial charge on any atom is 0.0373 e. The Hall–Kier alpha value is -1.73. The fourth-order valence-electron chi connectivity index (χ4n) is 5.18. The standard InChI is InChI=1S/C25H26S/c1-25(2)22-10-4-3-9-20(22)21-13-12-18(16-23(21)25)17-7-5-8-19(15-17)24-11-6-14-26-24/h3-9,14-16,22,24H,10-13H2,1-2H3/t22-,24?/m0/s1. The van der Waals surface area contributed by atoms with Crippen molar-refractivity contribution in [1.29, 1.82) is 0 Å². The minimum Gasteiger partial charge on any atom is -0.126 e. The van der Waals surface area contributed by atoms with Crippen LogP contribution in [-0.4, -0.2) is 0 Å². The predicted octanol–water partition coefficient (Wildman–Crippen LogP) is 7.39. The molecule has 5 rings (SSSR count). The summed E-state index contributed by atoms with van der Waals surface area (Å²) in [5.74, 6) is 0.667. The molecule has 1 aliphatic heterocycles. The minimum absolute atomic E-state index is 0.250. The van der Waals surface area contributed by atoms with Crippen molar-refractivity contribution in [3.63, 3.8) is 0 Å². The average molecular weight is 359 g/mol. The van der Waals surface area contributed by atoms with E-state index in [-0.39, 0.29) is 5.41 Å². The largest absolute Gasteiger partial charge is 0.126 e. The number of fused-ring (bicyclic) bond motifs is 2. The molecule has 0 nitrogen and oxygen atoms in total. The van der Waals surface area contributed by atoms with E-state index >= 15 is 0 Å². The zero-order valence-electron chi connectivity index (χ0n) is 15.7. The molecule has 132 valence electrons. The second-order valence-electron chi connectivity index (χ2n) is 8.48. The van der Waals surface area contributed by atoms with Crippen molar-refractivity contribution in [3.05, 3.63) is 87.9 Å². The number of rotatable bonds is 2. The number of benzene rings is 1. The van der Waals surface area contributed by atoms with Crippen molar-refractivity contribution in [1.82, 2.24) is 0 Å². The van der Waals surface area contributed by atoms with Gasteiger partial charge in [-0.1, -0.05) is 68.5 Å². The summed E-state index contributed by atoms with van der Waals surface area (Å²) in [5, 5.41) is 2.86. The summed E-state index contributed by atoms with van der Waals surface area (Å²) in [4.78, 5) is 0. The molecule has 0 N–H and O–H groups in total. The molecular weight excluding hydrogens is 332 g/mol. The molecule has 0 spiro atoms. The first-order valence-electron chi connectivity index (χ1n) is 9.86. The second kappa shape index (κ2) is 6.16. The highest BCUT2D eigenvalue weighted by Crippen LogP contribution is 2.57. The molecule has 1 heteroatoms. The summed E-state index contributed by atoms with van der Waals surface area (Å²) in [5.41, 5.74) is 9.54. The first-order valence-corrected chi connectivity index (χ1v) is 10.8. The van der Waals surface area contributed by atoms with Gasteiger partial charge >= 0.3 is 0 Å². The Morgan fingerprint density at radius 2 is 2.00 bits per heavy atom. The lowest BCUT2D eigenvalue weighted by Gasteiger charge is -2.31. The molecule has 3 aliphatic carbocycles. The zero-order valence-corrected chi connectivity index (χ0v) is 16.5. The van der Waals surface area contributed by atoms with E-state index < -0.39 is 0 Å². The molecule has 26 heavy (non-hydrogen) atoms. The maximum atomic E-state index is 2.54. The highest BCUT2D eigenvalue weighted by Gasteiger charge is 2.44. The third kappa shape index (κ3) is 2.52. The molecule has 2 atom stereocenters. The lowest BCUT2D eigenvalue weighted by molar-refractivity contribution is 0.336. The third-order valence-corrected chi connectivity index (χ3v) is 7.82. The molecule has 1 aromatic carbocycles. The van der Waals surface area contributed by atoms with Crippen LogP contribution in [0.15, 0.2) is 76.8 Å². The van der Waals surface area contributed by atoms with Gasteiger partial charge in [-0.15, -0.1) is 11.8 Å². The Labute approximate surface area is 161 Å². The first-order chi connectivity index (χ1) is 12.6. The van der Waals surface area contributed by atoms with Crippen LogP contribution in [0.4, 0.5) is 0 Å². The van der Waals surface area contributed by atoms with Gasteiger partial charge in [0.05, 0.1) is 0 Å². The van der Waals surface area contributed by atoms with E-state index in [2.05, 4.69) is 73.9 Å². The Bertz CT molecular complexity index is 896. The summed E-state index contributed by atoms with van der Waals surface area (Å²) in [6.45, 7) is 4.90. The topological polar surface area (TPSA) is 0 Å². The molecule has 0 saturated carbocycles. The van der Waals surface area contributed by atoms with Crippen LogP contribution in [0.2, 0.25) is 0 Å². The molecule has 4 aliphatic rings. The van der Waals surface area contributed by atoms with Gasteiger partial charge < -0.3 is 0 Å². The highest BCUT2D eigenvalue weighted by atomic mass is 32.2. The first kappa shape index (κ1) is 16.4. The lowest BCUT2D eigenvalue weighted by atomic mass is 9.73. The van der Waals surface area contributed by atoms with E-state index in [4.69, 9.17) is 0 Å². The molecule has 0 aromatic heterocycles. The van der Waals surface area contributed by atoms with Crippen molar-refractivity contribution in [2.75, 3.05) is 0 Å². The normalized spacial score (nSPS) is 28.7.